The highest BCUT2D eigenvalue weighted by atomic mass is 15.2. The van der Waals surface area contributed by atoms with Crippen molar-refractivity contribution in [2.75, 3.05) is 20.1 Å². The summed E-state index contributed by atoms with van der Waals surface area (Å²) >= 11 is 0. The molecule has 6 heteroatoms. The molecule has 0 unspecified atom stereocenters. The summed E-state index contributed by atoms with van der Waals surface area (Å²) in [4.78, 5) is 4.27. The van der Waals surface area contributed by atoms with Crippen molar-refractivity contribution in [1.29, 1.82) is 0 Å². The Morgan fingerprint density at radius 1 is 1.09 bits per heavy atom. The molecule has 0 spiro atoms. The molecule has 0 amide bonds. The minimum absolute atomic E-state index is 0.927. The van der Waals surface area contributed by atoms with E-state index in [4.69, 9.17) is 0 Å². The van der Waals surface area contributed by atoms with Crippen molar-refractivity contribution in [3.63, 3.8) is 0 Å². The zero-order chi connectivity index (χ0) is 15.5. The number of nitrogens with one attached hydrogen (secondary N) is 2. The Hall–Kier alpha value is -1.59. The number of aromatic nitrogens is 3. The van der Waals surface area contributed by atoms with Crippen molar-refractivity contribution in [2.24, 2.45) is 10.9 Å². The van der Waals surface area contributed by atoms with Crippen molar-refractivity contribution >= 4 is 5.96 Å². The van der Waals surface area contributed by atoms with Crippen molar-refractivity contribution in [3.05, 3.63) is 12.7 Å². The molecule has 1 aromatic rings. The quantitative estimate of drug-likeness (QED) is 0.417. The molecular weight excluding hydrogens is 276 g/mol. The molecule has 1 saturated carbocycles. The summed E-state index contributed by atoms with van der Waals surface area (Å²) in [6, 6.07) is 0. The molecule has 0 bridgehead atoms. The average molecular weight is 306 g/mol. The van der Waals surface area contributed by atoms with Crippen LogP contribution in [-0.2, 0) is 6.54 Å². The van der Waals surface area contributed by atoms with E-state index in [-0.39, 0.29) is 0 Å². The van der Waals surface area contributed by atoms with E-state index < -0.39 is 0 Å². The largest absolute Gasteiger partial charge is 0.356 e. The molecule has 1 fully saturated rings. The van der Waals surface area contributed by atoms with Crippen molar-refractivity contribution in [1.82, 2.24) is 25.4 Å². The Bertz CT molecular complexity index is 408. The lowest BCUT2D eigenvalue weighted by Crippen LogP contribution is -2.38. The van der Waals surface area contributed by atoms with Crippen LogP contribution in [0.1, 0.15) is 51.4 Å². The van der Waals surface area contributed by atoms with E-state index in [1.165, 1.54) is 38.5 Å². The van der Waals surface area contributed by atoms with Crippen molar-refractivity contribution in [3.8, 4) is 0 Å². The summed E-state index contributed by atoms with van der Waals surface area (Å²) in [6.45, 7) is 2.95. The van der Waals surface area contributed by atoms with Crippen LogP contribution in [0.3, 0.4) is 0 Å². The van der Waals surface area contributed by atoms with Crippen LogP contribution in [0.2, 0.25) is 0 Å². The Balaban J connectivity index is 1.46. The number of hydrogen-bond acceptors (Lipinski definition) is 3. The molecule has 0 aromatic carbocycles. The standard InChI is InChI=1S/C16H30N6/c1-17-16(19-11-6-9-15-7-2-3-8-15)18-10-4-5-12-22-13-20-21-14-22/h13-15H,2-12H2,1H3,(H2,17,18,19). The molecule has 0 atom stereocenters. The fraction of sp³-hybridized carbons (Fsp3) is 0.812. The monoisotopic (exact) mass is 306 g/mol. The van der Waals surface area contributed by atoms with Gasteiger partial charge >= 0.3 is 0 Å². The highest BCUT2D eigenvalue weighted by molar-refractivity contribution is 5.79. The number of aliphatic imine (C=N–C) groups is 1. The van der Waals surface area contributed by atoms with Crippen LogP contribution in [0.4, 0.5) is 0 Å². The third-order valence-corrected chi connectivity index (χ3v) is 4.38. The first-order valence-electron chi connectivity index (χ1n) is 8.65. The van der Waals surface area contributed by atoms with Crippen LogP contribution in [0.5, 0.6) is 0 Å². The van der Waals surface area contributed by atoms with Gasteiger partial charge in [0, 0.05) is 26.7 Å². The Morgan fingerprint density at radius 3 is 2.45 bits per heavy atom. The Morgan fingerprint density at radius 2 is 1.77 bits per heavy atom. The van der Waals surface area contributed by atoms with Crippen LogP contribution in [0.25, 0.3) is 0 Å². The molecule has 22 heavy (non-hydrogen) atoms. The minimum Gasteiger partial charge on any atom is -0.356 e. The lowest BCUT2D eigenvalue weighted by molar-refractivity contribution is 0.481. The van der Waals surface area contributed by atoms with Gasteiger partial charge in [0.25, 0.3) is 0 Å². The summed E-state index contributed by atoms with van der Waals surface area (Å²) in [7, 11) is 1.84. The van der Waals surface area contributed by atoms with Gasteiger partial charge in [-0.1, -0.05) is 25.7 Å². The molecule has 0 radical (unpaired) electrons. The van der Waals surface area contributed by atoms with Gasteiger partial charge in [-0.2, -0.15) is 0 Å². The molecule has 6 nitrogen and oxygen atoms in total. The zero-order valence-corrected chi connectivity index (χ0v) is 13.8. The molecule has 2 N–H and O–H groups in total. The number of nitrogens with zero attached hydrogens (tertiary/aromatic N) is 4. The van der Waals surface area contributed by atoms with E-state index in [2.05, 4.69) is 25.8 Å². The van der Waals surface area contributed by atoms with E-state index in [1.807, 2.05) is 11.6 Å². The topological polar surface area (TPSA) is 67.1 Å². The van der Waals surface area contributed by atoms with Gasteiger partial charge in [-0.15, -0.1) is 10.2 Å². The van der Waals surface area contributed by atoms with Gasteiger partial charge in [0.15, 0.2) is 5.96 Å². The van der Waals surface area contributed by atoms with Gasteiger partial charge < -0.3 is 15.2 Å². The molecule has 1 aliphatic rings. The normalized spacial score (nSPS) is 16.1. The van der Waals surface area contributed by atoms with E-state index in [0.717, 1.165) is 44.4 Å². The second-order valence-corrected chi connectivity index (χ2v) is 6.13. The third-order valence-electron chi connectivity index (χ3n) is 4.38. The number of unbranched alkanes of at least 4 members (excludes halogenated alkanes) is 1. The maximum Gasteiger partial charge on any atom is 0.190 e. The molecule has 2 rings (SSSR count). The minimum atomic E-state index is 0.927. The lowest BCUT2D eigenvalue weighted by Gasteiger charge is -2.13. The van der Waals surface area contributed by atoms with E-state index in [0.29, 0.717) is 0 Å². The molecule has 124 valence electrons. The summed E-state index contributed by atoms with van der Waals surface area (Å²) in [6.07, 6.45) is 14.1. The molecular formula is C16H30N6. The first kappa shape index (κ1) is 16.8. The predicted molar refractivity (Wildman–Crippen MR) is 89.8 cm³/mol. The third kappa shape index (κ3) is 6.45. The molecule has 1 heterocycles. The van der Waals surface area contributed by atoms with Gasteiger partial charge in [0.05, 0.1) is 0 Å². The van der Waals surface area contributed by atoms with Gasteiger partial charge in [-0.05, 0) is 31.6 Å². The Kier molecular flexibility index (Phi) is 7.77. The van der Waals surface area contributed by atoms with Crippen LogP contribution < -0.4 is 10.6 Å². The highest BCUT2D eigenvalue weighted by Gasteiger charge is 2.13. The van der Waals surface area contributed by atoms with Gasteiger partial charge in [0.1, 0.15) is 12.7 Å². The molecule has 1 aliphatic carbocycles. The molecule has 0 aliphatic heterocycles. The van der Waals surface area contributed by atoms with Crippen LogP contribution in [-0.4, -0.2) is 40.9 Å². The van der Waals surface area contributed by atoms with Gasteiger partial charge in [0.2, 0.25) is 0 Å². The van der Waals surface area contributed by atoms with Crippen LogP contribution in [0.15, 0.2) is 17.6 Å². The SMILES string of the molecule is CN=C(NCCCCn1cnnc1)NCCCC1CCCC1. The number of guanidine groups is 1. The van der Waals surface area contributed by atoms with E-state index >= 15 is 0 Å². The predicted octanol–water partition coefficient (Wildman–Crippen LogP) is 2.19. The lowest BCUT2D eigenvalue weighted by atomic mass is 10.0. The Labute approximate surface area is 133 Å². The average Bonchev–Trinajstić information content (AvgIpc) is 3.22. The summed E-state index contributed by atoms with van der Waals surface area (Å²) in [5.74, 6) is 1.91. The van der Waals surface area contributed by atoms with Crippen molar-refractivity contribution < 1.29 is 0 Å². The van der Waals surface area contributed by atoms with Crippen LogP contribution in [0, 0.1) is 5.92 Å². The van der Waals surface area contributed by atoms with E-state index in [1.54, 1.807) is 12.7 Å². The van der Waals surface area contributed by atoms with Gasteiger partial charge in [-0.3, -0.25) is 4.99 Å². The summed E-state index contributed by atoms with van der Waals surface area (Å²) in [5.41, 5.74) is 0. The van der Waals surface area contributed by atoms with Crippen LogP contribution >= 0.6 is 0 Å². The summed E-state index contributed by atoms with van der Waals surface area (Å²) < 4.78 is 2.01. The smallest absolute Gasteiger partial charge is 0.190 e. The fourth-order valence-electron chi connectivity index (χ4n) is 3.08. The maximum absolute atomic E-state index is 4.27. The molecule has 1 aromatic heterocycles. The fourth-order valence-corrected chi connectivity index (χ4v) is 3.08. The second-order valence-electron chi connectivity index (χ2n) is 6.13. The first-order valence-corrected chi connectivity index (χ1v) is 8.65. The van der Waals surface area contributed by atoms with Gasteiger partial charge in [-0.25, -0.2) is 0 Å². The number of aryl methyl sites for hydroxylation is 1. The van der Waals surface area contributed by atoms with Crippen molar-refractivity contribution in [2.45, 2.75) is 57.9 Å². The first-order chi connectivity index (χ1) is 10.9. The maximum atomic E-state index is 4.27. The number of hydrogen-bond donors (Lipinski definition) is 2. The zero-order valence-electron chi connectivity index (χ0n) is 13.8. The molecule has 0 saturated heterocycles. The van der Waals surface area contributed by atoms with E-state index in [9.17, 15) is 0 Å². The second kappa shape index (κ2) is 10.2. The summed E-state index contributed by atoms with van der Waals surface area (Å²) in [5, 5.41) is 14.4. The number of rotatable bonds is 9. The highest BCUT2D eigenvalue weighted by Crippen LogP contribution is 2.28.